The first-order chi connectivity index (χ1) is 7.57. The van der Waals surface area contributed by atoms with E-state index in [-0.39, 0.29) is 0 Å². The molecule has 1 aromatic rings. The van der Waals surface area contributed by atoms with E-state index in [4.69, 9.17) is 4.74 Å². The minimum atomic E-state index is -0.601. The topological polar surface area (TPSA) is 41.5 Å². The van der Waals surface area contributed by atoms with Gasteiger partial charge in [-0.3, -0.25) is 0 Å². The van der Waals surface area contributed by atoms with Crippen molar-refractivity contribution in [3.8, 4) is 5.06 Å². The van der Waals surface area contributed by atoms with Crippen LogP contribution in [0.4, 0.5) is 0 Å². The maximum absolute atomic E-state index is 9.96. The molecule has 0 bridgehead atoms. The summed E-state index contributed by atoms with van der Waals surface area (Å²) in [6.07, 6.45) is 1.83. The van der Waals surface area contributed by atoms with E-state index in [0.717, 1.165) is 24.4 Å². The summed E-state index contributed by atoms with van der Waals surface area (Å²) in [5.74, 6) is 0. The lowest BCUT2D eigenvalue weighted by Gasteiger charge is -2.22. The Morgan fingerprint density at radius 3 is 2.81 bits per heavy atom. The van der Waals surface area contributed by atoms with Crippen molar-refractivity contribution in [1.29, 1.82) is 0 Å². The highest BCUT2D eigenvalue weighted by Crippen LogP contribution is 2.23. The summed E-state index contributed by atoms with van der Waals surface area (Å²) in [4.78, 5) is 1.23. The van der Waals surface area contributed by atoms with Crippen LogP contribution in [-0.4, -0.2) is 24.4 Å². The lowest BCUT2D eigenvalue weighted by molar-refractivity contribution is 0.0498. The van der Waals surface area contributed by atoms with Crippen molar-refractivity contribution < 1.29 is 9.84 Å². The van der Waals surface area contributed by atoms with Gasteiger partial charge >= 0.3 is 0 Å². The zero-order chi connectivity index (χ0) is 12.0. The Balaban J connectivity index is 2.29. The second kappa shape index (κ2) is 6.23. The maximum Gasteiger partial charge on any atom is 0.173 e. The number of nitrogens with one attached hydrogen (secondary N) is 1. The standard InChI is InChI=1S/C12H21NO2S/c1-4-7-12(2,14)9-13-8-10-5-6-11(15-3)16-10/h5-6,13-14H,4,7-9H2,1-3H3. The van der Waals surface area contributed by atoms with Gasteiger partial charge in [0.05, 0.1) is 12.7 Å². The number of hydrogen-bond donors (Lipinski definition) is 2. The van der Waals surface area contributed by atoms with Crippen molar-refractivity contribution in [2.45, 2.75) is 38.8 Å². The molecule has 0 aromatic carbocycles. The molecule has 4 heteroatoms. The molecule has 16 heavy (non-hydrogen) atoms. The van der Waals surface area contributed by atoms with Crippen LogP contribution in [0.2, 0.25) is 0 Å². The molecular weight excluding hydrogens is 222 g/mol. The Hall–Kier alpha value is -0.580. The van der Waals surface area contributed by atoms with Gasteiger partial charge in [-0.05, 0) is 25.5 Å². The molecule has 0 radical (unpaired) electrons. The number of ether oxygens (including phenoxy) is 1. The van der Waals surface area contributed by atoms with Crippen molar-refractivity contribution in [1.82, 2.24) is 5.32 Å². The Morgan fingerprint density at radius 1 is 1.50 bits per heavy atom. The Morgan fingerprint density at radius 2 is 2.25 bits per heavy atom. The molecule has 0 fully saturated rings. The summed E-state index contributed by atoms with van der Waals surface area (Å²) in [7, 11) is 1.68. The van der Waals surface area contributed by atoms with E-state index >= 15 is 0 Å². The van der Waals surface area contributed by atoms with E-state index in [0.29, 0.717) is 6.54 Å². The minimum absolute atomic E-state index is 0.601. The third kappa shape index (κ3) is 4.51. The second-order valence-corrected chi connectivity index (χ2v) is 5.41. The van der Waals surface area contributed by atoms with Gasteiger partial charge in [0.15, 0.2) is 5.06 Å². The number of hydrogen-bond acceptors (Lipinski definition) is 4. The predicted octanol–water partition coefficient (Wildman–Crippen LogP) is 2.40. The smallest absolute Gasteiger partial charge is 0.173 e. The molecule has 0 aliphatic rings. The maximum atomic E-state index is 9.96. The van der Waals surface area contributed by atoms with E-state index < -0.39 is 5.60 Å². The van der Waals surface area contributed by atoms with Gasteiger partial charge in [0.25, 0.3) is 0 Å². The van der Waals surface area contributed by atoms with Crippen LogP contribution in [-0.2, 0) is 6.54 Å². The van der Waals surface area contributed by atoms with Crippen molar-refractivity contribution in [2.75, 3.05) is 13.7 Å². The van der Waals surface area contributed by atoms with E-state index in [9.17, 15) is 5.11 Å². The molecule has 0 saturated heterocycles. The molecular formula is C12H21NO2S. The Kier molecular flexibility index (Phi) is 5.25. The van der Waals surface area contributed by atoms with Gasteiger partial charge in [-0.1, -0.05) is 13.3 Å². The SMILES string of the molecule is CCCC(C)(O)CNCc1ccc(OC)s1. The molecule has 1 aromatic heterocycles. The van der Waals surface area contributed by atoms with E-state index in [2.05, 4.69) is 12.2 Å². The average Bonchev–Trinajstić information content (AvgIpc) is 2.65. The molecule has 92 valence electrons. The monoisotopic (exact) mass is 243 g/mol. The minimum Gasteiger partial charge on any atom is -0.487 e. The van der Waals surface area contributed by atoms with Crippen LogP contribution < -0.4 is 10.1 Å². The van der Waals surface area contributed by atoms with E-state index in [1.807, 2.05) is 19.1 Å². The highest BCUT2D eigenvalue weighted by Gasteiger charge is 2.18. The number of aliphatic hydroxyl groups is 1. The van der Waals surface area contributed by atoms with Crippen molar-refractivity contribution in [2.24, 2.45) is 0 Å². The zero-order valence-corrected chi connectivity index (χ0v) is 11.1. The first-order valence-corrected chi connectivity index (χ1v) is 6.45. The normalized spacial score (nSPS) is 14.8. The third-order valence-electron chi connectivity index (χ3n) is 2.43. The largest absolute Gasteiger partial charge is 0.487 e. The van der Waals surface area contributed by atoms with Gasteiger partial charge in [0, 0.05) is 18.0 Å². The molecule has 0 aliphatic carbocycles. The fraction of sp³-hybridized carbons (Fsp3) is 0.667. The molecule has 1 unspecified atom stereocenters. The second-order valence-electron chi connectivity index (χ2n) is 4.28. The lowest BCUT2D eigenvalue weighted by Crippen LogP contribution is -2.37. The first-order valence-electron chi connectivity index (χ1n) is 5.63. The van der Waals surface area contributed by atoms with Crippen LogP contribution >= 0.6 is 11.3 Å². The predicted molar refractivity (Wildman–Crippen MR) is 68.1 cm³/mol. The fourth-order valence-corrected chi connectivity index (χ4v) is 2.43. The molecule has 1 atom stereocenters. The van der Waals surface area contributed by atoms with Crippen LogP contribution in [0.1, 0.15) is 31.6 Å². The van der Waals surface area contributed by atoms with E-state index in [1.54, 1.807) is 18.4 Å². The Labute approximate surface area is 101 Å². The van der Waals surface area contributed by atoms with Crippen LogP contribution in [0.5, 0.6) is 5.06 Å². The molecule has 3 nitrogen and oxygen atoms in total. The van der Waals surface area contributed by atoms with Crippen LogP contribution in [0.15, 0.2) is 12.1 Å². The fourth-order valence-electron chi connectivity index (χ4n) is 1.64. The zero-order valence-electron chi connectivity index (χ0n) is 10.2. The van der Waals surface area contributed by atoms with Crippen molar-refractivity contribution in [3.63, 3.8) is 0 Å². The molecule has 2 N–H and O–H groups in total. The summed E-state index contributed by atoms with van der Waals surface area (Å²) < 4.78 is 5.12. The van der Waals surface area contributed by atoms with Gasteiger partial charge in [0.1, 0.15) is 0 Å². The van der Waals surface area contributed by atoms with Gasteiger partial charge in [-0.2, -0.15) is 0 Å². The van der Waals surface area contributed by atoms with Crippen LogP contribution in [0.3, 0.4) is 0 Å². The quantitative estimate of drug-likeness (QED) is 0.772. The summed E-state index contributed by atoms with van der Waals surface area (Å²) in [5.41, 5.74) is -0.601. The van der Waals surface area contributed by atoms with Crippen LogP contribution in [0.25, 0.3) is 0 Å². The third-order valence-corrected chi connectivity index (χ3v) is 3.48. The van der Waals surface area contributed by atoms with Crippen LogP contribution in [0, 0.1) is 0 Å². The number of thiophene rings is 1. The summed E-state index contributed by atoms with van der Waals surface area (Å²) in [6, 6.07) is 4.01. The summed E-state index contributed by atoms with van der Waals surface area (Å²) >= 11 is 1.63. The molecule has 1 heterocycles. The molecule has 0 amide bonds. The summed E-state index contributed by atoms with van der Waals surface area (Å²) in [6.45, 7) is 5.37. The molecule has 1 rings (SSSR count). The lowest BCUT2D eigenvalue weighted by atomic mass is 10.0. The van der Waals surface area contributed by atoms with Gasteiger partial charge in [-0.25, -0.2) is 0 Å². The number of methoxy groups -OCH3 is 1. The highest BCUT2D eigenvalue weighted by atomic mass is 32.1. The molecule has 0 saturated carbocycles. The number of rotatable bonds is 7. The highest BCUT2D eigenvalue weighted by molar-refractivity contribution is 7.13. The van der Waals surface area contributed by atoms with E-state index in [1.165, 1.54) is 4.88 Å². The average molecular weight is 243 g/mol. The molecule has 0 aliphatic heterocycles. The van der Waals surface area contributed by atoms with Gasteiger partial charge in [0.2, 0.25) is 0 Å². The molecule has 0 spiro atoms. The first kappa shape index (κ1) is 13.5. The van der Waals surface area contributed by atoms with Gasteiger partial charge < -0.3 is 15.2 Å². The van der Waals surface area contributed by atoms with Crippen molar-refractivity contribution >= 4 is 11.3 Å². The Bertz CT molecular complexity index is 310. The van der Waals surface area contributed by atoms with Crippen molar-refractivity contribution in [3.05, 3.63) is 17.0 Å². The summed E-state index contributed by atoms with van der Waals surface area (Å²) in [5, 5.41) is 14.2. The van der Waals surface area contributed by atoms with Gasteiger partial charge in [-0.15, -0.1) is 11.3 Å².